The van der Waals surface area contributed by atoms with Crippen LogP contribution in [-0.2, 0) is 9.59 Å². The first kappa shape index (κ1) is 15.3. The molecule has 1 aromatic rings. The van der Waals surface area contributed by atoms with Gasteiger partial charge in [-0.15, -0.1) is 0 Å². The number of carbonyl (C=O) groups is 2. The van der Waals surface area contributed by atoms with Crippen LogP contribution < -0.4 is 10.9 Å². The average Bonchev–Trinajstić information content (AvgIpc) is 2.79. The van der Waals surface area contributed by atoms with Gasteiger partial charge in [0, 0.05) is 29.8 Å². The number of hydrogen-bond acceptors (Lipinski definition) is 6. The van der Waals surface area contributed by atoms with E-state index < -0.39 is 16.7 Å². The Morgan fingerprint density at radius 1 is 1.59 bits per heavy atom. The molecule has 1 unspecified atom stereocenters. The lowest BCUT2D eigenvalue weighted by Gasteiger charge is -2.05. The average molecular weight is 303 g/mol. The predicted molar refractivity (Wildman–Crippen MR) is 78.2 cm³/mol. The zero-order valence-electron chi connectivity index (χ0n) is 11.6. The van der Waals surface area contributed by atoms with Crippen molar-refractivity contribution in [2.45, 2.75) is 13.3 Å². The van der Waals surface area contributed by atoms with Crippen LogP contribution in [0.15, 0.2) is 34.5 Å². The van der Waals surface area contributed by atoms with Gasteiger partial charge in [-0.3, -0.25) is 19.7 Å². The van der Waals surface area contributed by atoms with Gasteiger partial charge in [-0.2, -0.15) is 10.2 Å². The van der Waals surface area contributed by atoms with Crippen molar-refractivity contribution < 1.29 is 14.5 Å². The molecule has 0 spiro atoms. The summed E-state index contributed by atoms with van der Waals surface area (Å²) in [5, 5.41) is 18.1. The first-order valence-corrected chi connectivity index (χ1v) is 6.38. The molecule has 22 heavy (non-hydrogen) atoms. The molecule has 2 N–H and O–H groups in total. The van der Waals surface area contributed by atoms with Crippen molar-refractivity contribution in [1.82, 2.24) is 10.9 Å². The van der Waals surface area contributed by atoms with Crippen LogP contribution in [0.1, 0.15) is 18.9 Å². The minimum atomic E-state index is -0.590. The highest BCUT2D eigenvalue weighted by Crippen LogP contribution is 2.12. The van der Waals surface area contributed by atoms with E-state index in [4.69, 9.17) is 0 Å². The molecule has 2 amide bonds. The molecule has 0 saturated carbocycles. The third-order valence-electron chi connectivity index (χ3n) is 3.04. The third kappa shape index (κ3) is 3.72. The van der Waals surface area contributed by atoms with Crippen LogP contribution in [-0.4, -0.2) is 28.7 Å². The summed E-state index contributed by atoms with van der Waals surface area (Å²) in [6, 6.07) is 5.82. The summed E-state index contributed by atoms with van der Waals surface area (Å²) in [6.07, 6.45) is 1.23. The van der Waals surface area contributed by atoms with E-state index in [1.165, 1.54) is 24.4 Å². The maximum atomic E-state index is 11.7. The standard InChI is InChI=1S/C13H13N5O4/c1-8-11(13(20)17-15-8)6-12(19)16-14-7-9-3-2-4-10(5-9)18(21)22/h2-5,7,11H,6H2,1H3,(H,16,19)(H,17,20). The van der Waals surface area contributed by atoms with E-state index in [0.29, 0.717) is 11.3 Å². The number of nitrogens with zero attached hydrogens (tertiary/aromatic N) is 3. The number of rotatable bonds is 5. The van der Waals surface area contributed by atoms with E-state index in [1.807, 2.05) is 0 Å². The Hall–Kier alpha value is -3.10. The van der Waals surface area contributed by atoms with Crippen LogP contribution in [0.5, 0.6) is 0 Å². The Morgan fingerprint density at radius 2 is 2.36 bits per heavy atom. The van der Waals surface area contributed by atoms with E-state index >= 15 is 0 Å². The summed E-state index contributed by atoms with van der Waals surface area (Å²) >= 11 is 0. The molecule has 1 atom stereocenters. The van der Waals surface area contributed by atoms with Gasteiger partial charge in [0.15, 0.2) is 0 Å². The SMILES string of the molecule is CC1=NNC(=O)C1CC(=O)NN=Cc1cccc([N+](=O)[O-])c1. The number of non-ortho nitro benzene ring substituents is 1. The van der Waals surface area contributed by atoms with Crippen molar-refractivity contribution in [1.29, 1.82) is 0 Å². The van der Waals surface area contributed by atoms with Crippen LogP contribution in [0.2, 0.25) is 0 Å². The Kier molecular flexibility index (Phi) is 4.57. The first-order valence-electron chi connectivity index (χ1n) is 6.38. The molecule has 0 aliphatic carbocycles. The zero-order chi connectivity index (χ0) is 16.1. The summed E-state index contributed by atoms with van der Waals surface area (Å²) in [4.78, 5) is 33.2. The van der Waals surface area contributed by atoms with Gasteiger partial charge in [0.05, 0.1) is 17.1 Å². The van der Waals surface area contributed by atoms with Crippen molar-refractivity contribution in [2.75, 3.05) is 0 Å². The van der Waals surface area contributed by atoms with Crippen LogP contribution in [0.3, 0.4) is 0 Å². The quantitative estimate of drug-likeness (QED) is 0.468. The number of carbonyl (C=O) groups excluding carboxylic acids is 2. The second-order valence-corrected chi connectivity index (χ2v) is 4.63. The van der Waals surface area contributed by atoms with Gasteiger partial charge in [-0.1, -0.05) is 12.1 Å². The lowest BCUT2D eigenvalue weighted by Crippen LogP contribution is -2.29. The second kappa shape index (κ2) is 6.57. The molecule has 1 aliphatic heterocycles. The second-order valence-electron chi connectivity index (χ2n) is 4.63. The molecule has 2 rings (SSSR count). The minimum Gasteiger partial charge on any atom is -0.273 e. The third-order valence-corrected chi connectivity index (χ3v) is 3.04. The van der Waals surface area contributed by atoms with Crippen molar-refractivity contribution in [3.05, 3.63) is 39.9 Å². The van der Waals surface area contributed by atoms with Crippen LogP contribution >= 0.6 is 0 Å². The zero-order valence-corrected chi connectivity index (χ0v) is 11.6. The molecule has 0 radical (unpaired) electrons. The molecule has 1 aromatic carbocycles. The highest BCUT2D eigenvalue weighted by molar-refractivity contribution is 6.09. The number of amides is 2. The molecule has 9 heteroatoms. The summed E-state index contributed by atoms with van der Waals surface area (Å²) < 4.78 is 0. The van der Waals surface area contributed by atoms with Gasteiger partial charge in [-0.25, -0.2) is 10.9 Å². The summed E-state index contributed by atoms with van der Waals surface area (Å²) in [7, 11) is 0. The fourth-order valence-corrected chi connectivity index (χ4v) is 1.86. The first-order chi connectivity index (χ1) is 10.5. The fourth-order valence-electron chi connectivity index (χ4n) is 1.86. The van der Waals surface area contributed by atoms with E-state index in [1.54, 1.807) is 13.0 Å². The Labute approximate surface area is 125 Å². The largest absolute Gasteiger partial charge is 0.273 e. The fraction of sp³-hybridized carbons (Fsp3) is 0.231. The topological polar surface area (TPSA) is 126 Å². The highest BCUT2D eigenvalue weighted by atomic mass is 16.6. The van der Waals surface area contributed by atoms with Gasteiger partial charge in [0.2, 0.25) is 11.8 Å². The van der Waals surface area contributed by atoms with E-state index in [-0.39, 0.29) is 18.0 Å². The smallest absolute Gasteiger partial charge is 0.270 e. The van der Waals surface area contributed by atoms with Gasteiger partial charge in [0.25, 0.3) is 5.69 Å². The van der Waals surface area contributed by atoms with Crippen LogP contribution in [0.4, 0.5) is 5.69 Å². The molecule has 0 bridgehead atoms. The lowest BCUT2D eigenvalue weighted by molar-refractivity contribution is -0.384. The number of nitrogens with one attached hydrogen (secondary N) is 2. The molecule has 114 valence electrons. The van der Waals surface area contributed by atoms with Crippen molar-refractivity contribution in [3.8, 4) is 0 Å². The van der Waals surface area contributed by atoms with Gasteiger partial charge in [-0.05, 0) is 6.92 Å². The number of nitro benzene ring substituents is 1. The Morgan fingerprint density at radius 3 is 3.00 bits per heavy atom. The van der Waals surface area contributed by atoms with Crippen LogP contribution in [0.25, 0.3) is 0 Å². The van der Waals surface area contributed by atoms with Crippen LogP contribution in [0, 0.1) is 16.0 Å². The summed E-state index contributed by atoms with van der Waals surface area (Å²) in [5.74, 6) is -1.36. The Balaban J connectivity index is 1.91. The molecule has 9 nitrogen and oxygen atoms in total. The number of nitro groups is 1. The van der Waals surface area contributed by atoms with Crippen molar-refractivity contribution >= 4 is 29.4 Å². The molecular weight excluding hydrogens is 290 g/mol. The Bertz CT molecular complexity index is 683. The summed E-state index contributed by atoms with van der Waals surface area (Å²) in [6.45, 7) is 1.65. The van der Waals surface area contributed by atoms with Gasteiger partial charge < -0.3 is 0 Å². The molecule has 0 saturated heterocycles. The van der Waals surface area contributed by atoms with Crippen molar-refractivity contribution in [3.63, 3.8) is 0 Å². The van der Waals surface area contributed by atoms with E-state index in [2.05, 4.69) is 21.1 Å². The summed E-state index contributed by atoms with van der Waals surface area (Å²) in [5.41, 5.74) is 5.52. The highest BCUT2D eigenvalue weighted by Gasteiger charge is 2.28. The maximum absolute atomic E-state index is 11.7. The number of benzene rings is 1. The molecule has 0 fully saturated rings. The monoisotopic (exact) mass is 303 g/mol. The normalized spacial score (nSPS) is 17.2. The van der Waals surface area contributed by atoms with E-state index in [0.717, 1.165) is 0 Å². The number of hydrogen-bond donors (Lipinski definition) is 2. The molecule has 1 heterocycles. The predicted octanol–water partition coefficient (Wildman–Crippen LogP) is 0.557. The number of hydrazone groups is 2. The van der Waals surface area contributed by atoms with Gasteiger partial charge in [0.1, 0.15) is 0 Å². The molecule has 1 aliphatic rings. The lowest BCUT2D eigenvalue weighted by atomic mass is 10.0. The van der Waals surface area contributed by atoms with Gasteiger partial charge >= 0.3 is 0 Å². The van der Waals surface area contributed by atoms with Crippen molar-refractivity contribution in [2.24, 2.45) is 16.1 Å². The van der Waals surface area contributed by atoms with E-state index in [9.17, 15) is 19.7 Å². The molecule has 0 aromatic heterocycles. The molecular formula is C13H13N5O4. The maximum Gasteiger partial charge on any atom is 0.270 e. The minimum absolute atomic E-state index is 0.0621.